The van der Waals surface area contributed by atoms with Crippen molar-refractivity contribution in [1.82, 2.24) is 10.2 Å². The van der Waals surface area contributed by atoms with Crippen LogP contribution in [-0.2, 0) is 16.1 Å². The fourth-order valence-corrected chi connectivity index (χ4v) is 2.26. The number of benzene rings is 1. The summed E-state index contributed by atoms with van der Waals surface area (Å²) in [6.07, 6.45) is 0. The topological polar surface area (TPSA) is 111 Å². The predicted molar refractivity (Wildman–Crippen MR) is 86.0 cm³/mol. The summed E-state index contributed by atoms with van der Waals surface area (Å²) < 4.78 is 10.2. The molecule has 1 aromatic carbocycles. The summed E-state index contributed by atoms with van der Waals surface area (Å²) in [5.41, 5.74) is 0.0200. The van der Waals surface area contributed by atoms with E-state index in [1.54, 1.807) is 6.92 Å². The summed E-state index contributed by atoms with van der Waals surface area (Å²) in [5, 5.41) is 13.8. The molecule has 2 amide bonds. The van der Waals surface area contributed by atoms with Gasteiger partial charge in [-0.1, -0.05) is 0 Å². The van der Waals surface area contributed by atoms with Gasteiger partial charge in [-0.05, 0) is 13.0 Å². The maximum atomic E-state index is 11.9. The molecule has 0 fully saturated rings. The van der Waals surface area contributed by atoms with Gasteiger partial charge in [0.05, 0.1) is 37.3 Å². The number of ether oxygens (including phenoxy) is 2. The predicted octanol–water partition coefficient (Wildman–Crippen LogP) is 1.09. The van der Waals surface area contributed by atoms with E-state index in [1.165, 1.54) is 45.2 Å². The summed E-state index contributed by atoms with van der Waals surface area (Å²) in [6, 6.07) is 1.89. The van der Waals surface area contributed by atoms with Crippen molar-refractivity contribution in [3.05, 3.63) is 27.8 Å². The molecule has 0 aromatic heterocycles. The van der Waals surface area contributed by atoms with E-state index in [4.69, 9.17) is 9.47 Å². The molecule has 0 bridgehead atoms. The van der Waals surface area contributed by atoms with E-state index in [1.807, 2.05) is 0 Å². The van der Waals surface area contributed by atoms with Crippen LogP contribution >= 0.6 is 0 Å². The van der Waals surface area contributed by atoms with Crippen molar-refractivity contribution in [3.8, 4) is 11.5 Å². The third kappa shape index (κ3) is 4.12. The molecule has 0 unspecified atom stereocenters. The van der Waals surface area contributed by atoms with Crippen molar-refractivity contribution in [2.45, 2.75) is 26.4 Å². The monoisotopic (exact) mass is 339 g/mol. The van der Waals surface area contributed by atoms with Gasteiger partial charge in [-0.2, -0.15) is 0 Å². The molecule has 1 N–H and O–H groups in total. The summed E-state index contributed by atoms with van der Waals surface area (Å²) >= 11 is 0. The van der Waals surface area contributed by atoms with Crippen LogP contribution in [0.5, 0.6) is 11.5 Å². The van der Waals surface area contributed by atoms with Crippen LogP contribution in [0.1, 0.15) is 19.4 Å². The Bertz CT molecular complexity index is 646. The molecule has 0 radical (unpaired) electrons. The van der Waals surface area contributed by atoms with Gasteiger partial charge in [0.1, 0.15) is 6.04 Å². The number of nitrogens with zero attached hydrogens (tertiary/aromatic N) is 2. The minimum atomic E-state index is -0.778. The van der Waals surface area contributed by atoms with E-state index in [2.05, 4.69) is 5.32 Å². The van der Waals surface area contributed by atoms with E-state index in [-0.39, 0.29) is 35.4 Å². The highest BCUT2D eigenvalue weighted by Gasteiger charge is 2.27. The Labute approximate surface area is 139 Å². The van der Waals surface area contributed by atoms with Crippen molar-refractivity contribution in [2.24, 2.45) is 0 Å². The largest absolute Gasteiger partial charge is 0.493 e. The molecule has 1 atom stereocenters. The third-order valence-corrected chi connectivity index (χ3v) is 3.62. The third-order valence-electron chi connectivity index (χ3n) is 3.62. The standard InChI is InChI=1S/C15H21N3O6/c1-9(15(20)16-3)17(10(2)19)8-11-6-13(23-4)14(24-5)7-12(11)18(21)22/h6-7,9H,8H2,1-5H3,(H,16,20)/t9-/m0/s1. The highest BCUT2D eigenvalue weighted by molar-refractivity contribution is 5.86. The Morgan fingerprint density at radius 3 is 2.25 bits per heavy atom. The fraction of sp³-hybridized carbons (Fsp3) is 0.467. The van der Waals surface area contributed by atoms with Gasteiger partial charge in [-0.25, -0.2) is 0 Å². The average Bonchev–Trinajstić information content (AvgIpc) is 2.56. The number of carbonyl (C=O) groups excluding carboxylic acids is 2. The molecule has 0 saturated carbocycles. The first kappa shape index (κ1) is 19.2. The van der Waals surface area contributed by atoms with Crippen LogP contribution in [0.4, 0.5) is 5.69 Å². The normalized spacial score (nSPS) is 11.4. The van der Waals surface area contributed by atoms with Gasteiger partial charge in [-0.3, -0.25) is 19.7 Å². The molecule has 0 aliphatic heterocycles. The Morgan fingerprint density at radius 2 is 1.83 bits per heavy atom. The first-order valence-electron chi connectivity index (χ1n) is 7.14. The smallest absolute Gasteiger partial charge is 0.278 e. The molecule has 9 heteroatoms. The number of nitrogens with one attached hydrogen (secondary N) is 1. The van der Waals surface area contributed by atoms with Crippen LogP contribution < -0.4 is 14.8 Å². The highest BCUT2D eigenvalue weighted by Crippen LogP contribution is 2.35. The maximum Gasteiger partial charge on any atom is 0.278 e. The molecule has 0 saturated heterocycles. The quantitative estimate of drug-likeness (QED) is 0.588. The van der Waals surface area contributed by atoms with Crippen LogP contribution in [0, 0.1) is 10.1 Å². The molecule has 0 aliphatic carbocycles. The first-order valence-corrected chi connectivity index (χ1v) is 7.14. The van der Waals surface area contributed by atoms with E-state index in [0.29, 0.717) is 5.75 Å². The minimum Gasteiger partial charge on any atom is -0.493 e. The second-order valence-electron chi connectivity index (χ2n) is 5.03. The zero-order valence-electron chi connectivity index (χ0n) is 14.3. The summed E-state index contributed by atoms with van der Waals surface area (Å²) in [7, 11) is 4.23. The molecule has 9 nitrogen and oxygen atoms in total. The average molecular weight is 339 g/mol. The van der Waals surface area contributed by atoms with Crippen molar-refractivity contribution >= 4 is 17.5 Å². The van der Waals surface area contributed by atoms with Gasteiger partial charge < -0.3 is 19.7 Å². The summed E-state index contributed by atoms with van der Waals surface area (Å²) in [5.74, 6) is -0.237. The molecule has 1 rings (SSSR count). The van der Waals surface area contributed by atoms with Crippen LogP contribution in [0.15, 0.2) is 12.1 Å². The minimum absolute atomic E-state index is 0.111. The van der Waals surface area contributed by atoms with Crippen LogP contribution in [0.3, 0.4) is 0 Å². The zero-order chi connectivity index (χ0) is 18.4. The molecule has 132 valence electrons. The molecule has 0 spiro atoms. The van der Waals surface area contributed by atoms with Crippen LogP contribution in [0.2, 0.25) is 0 Å². The zero-order valence-corrected chi connectivity index (χ0v) is 14.3. The van der Waals surface area contributed by atoms with Crippen LogP contribution in [0.25, 0.3) is 0 Å². The van der Waals surface area contributed by atoms with Gasteiger partial charge >= 0.3 is 0 Å². The number of carbonyl (C=O) groups is 2. The first-order chi connectivity index (χ1) is 11.3. The lowest BCUT2D eigenvalue weighted by molar-refractivity contribution is -0.385. The van der Waals surface area contributed by atoms with Crippen molar-refractivity contribution in [1.29, 1.82) is 0 Å². The molecule has 0 aliphatic rings. The highest BCUT2D eigenvalue weighted by atomic mass is 16.6. The number of nitro benzene ring substituents is 1. The lowest BCUT2D eigenvalue weighted by Crippen LogP contribution is -2.45. The number of nitro groups is 1. The lowest BCUT2D eigenvalue weighted by Gasteiger charge is -2.27. The summed E-state index contributed by atoms with van der Waals surface area (Å²) in [4.78, 5) is 35.7. The fourth-order valence-electron chi connectivity index (χ4n) is 2.26. The number of rotatable bonds is 7. The van der Waals surface area contributed by atoms with Crippen molar-refractivity contribution in [3.63, 3.8) is 0 Å². The van der Waals surface area contributed by atoms with Gasteiger partial charge in [0.25, 0.3) is 5.69 Å². The number of methoxy groups -OCH3 is 2. The van der Waals surface area contributed by atoms with Gasteiger partial charge in [-0.15, -0.1) is 0 Å². The Kier molecular flexibility index (Phi) is 6.51. The molecular formula is C15H21N3O6. The second-order valence-corrected chi connectivity index (χ2v) is 5.03. The van der Waals surface area contributed by atoms with Crippen LogP contribution in [-0.4, -0.2) is 48.9 Å². The lowest BCUT2D eigenvalue weighted by atomic mass is 10.1. The molecule has 1 aromatic rings. The van der Waals surface area contributed by atoms with Gasteiger partial charge in [0.15, 0.2) is 11.5 Å². The number of hydrogen-bond donors (Lipinski definition) is 1. The Balaban J connectivity index is 3.34. The van der Waals surface area contributed by atoms with E-state index >= 15 is 0 Å². The molecular weight excluding hydrogens is 318 g/mol. The van der Waals surface area contributed by atoms with Gasteiger partial charge in [0, 0.05) is 14.0 Å². The van der Waals surface area contributed by atoms with Crippen molar-refractivity contribution in [2.75, 3.05) is 21.3 Å². The maximum absolute atomic E-state index is 11.9. The Hall–Kier alpha value is -2.84. The van der Waals surface area contributed by atoms with E-state index in [9.17, 15) is 19.7 Å². The second kappa shape index (κ2) is 8.14. The number of hydrogen-bond acceptors (Lipinski definition) is 6. The number of likely N-dealkylation sites (N-methyl/N-ethyl adjacent to an activating group) is 1. The summed E-state index contributed by atoms with van der Waals surface area (Å²) in [6.45, 7) is 2.74. The SMILES string of the molecule is CNC(=O)[C@H](C)N(Cc1cc(OC)c(OC)cc1[N+](=O)[O-])C(C)=O. The molecule has 0 heterocycles. The number of amides is 2. The van der Waals surface area contributed by atoms with Crippen molar-refractivity contribution < 1.29 is 24.0 Å². The van der Waals surface area contributed by atoms with Gasteiger partial charge in [0.2, 0.25) is 11.8 Å². The van der Waals surface area contributed by atoms with E-state index < -0.39 is 11.0 Å². The molecule has 24 heavy (non-hydrogen) atoms. The Morgan fingerprint density at radius 1 is 1.29 bits per heavy atom. The van der Waals surface area contributed by atoms with E-state index in [0.717, 1.165) is 0 Å².